The van der Waals surface area contributed by atoms with E-state index in [1.807, 2.05) is 6.92 Å². The van der Waals surface area contributed by atoms with Gasteiger partial charge in [0.1, 0.15) is 4.75 Å². The van der Waals surface area contributed by atoms with Crippen LogP contribution in [0.5, 0.6) is 0 Å². The average molecular weight is 230 g/mol. The summed E-state index contributed by atoms with van der Waals surface area (Å²) >= 11 is 1.15. The molecule has 0 heterocycles. The van der Waals surface area contributed by atoms with Crippen LogP contribution in [-0.2, 0) is 14.3 Å². The third-order valence-corrected chi connectivity index (χ3v) is 4.51. The maximum atomic E-state index is 11.8. The van der Waals surface area contributed by atoms with Gasteiger partial charge < -0.3 is 4.74 Å². The van der Waals surface area contributed by atoms with Crippen LogP contribution in [-0.4, -0.2) is 22.9 Å². The summed E-state index contributed by atoms with van der Waals surface area (Å²) in [5.41, 5.74) is 0. The van der Waals surface area contributed by atoms with Crippen LogP contribution in [0.4, 0.5) is 0 Å². The lowest BCUT2D eigenvalue weighted by Crippen LogP contribution is -2.45. The average Bonchev–Trinajstić information content (AvgIpc) is 2.19. The third-order valence-electron chi connectivity index (χ3n) is 3.09. The lowest BCUT2D eigenvalue weighted by Gasteiger charge is -2.38. The summed E-state index contributed by atoms with van der Waals surface area (Å²) in [4.78, 5) is 23.1. The van der Waals surface area contributed by atoms with Gasteiger partial charge in [0.15, 0.2) is 5.12 Å². The lowest BCUT2D eigenvalue weighted by atomic mass is 9.79. The molecule has 0 spiro atoms. The van der Waals surface area contributed by atoms with Crippen LogP contribution in [0.3, 0.4) is 0 Å². The molecule has 1 saturated carbocycles. The Bertz CT molecular complexity index is 265. The highest BCUT2D eigenvalue weighted by Crippen LogP contribution is 2.45. The first kappa shape index (κ1) is 12.6. The van der Waals surface area contributed by atoms with E-state index >= 15 is 0 Å². The molecule has 0 bridgehead atoms. The fourth-order valence-corrected chi connectivity index (χ4v) is 3.49. The minimum atomic E-state index is -0.626. The summed E-state index contributed by atoms with van der Waals surface area (Å²) in [6.45, 7) is 3.54. The molecule has 2 atom stereocenters. The number of carbonyl (C=O) groups is 2. The van der Waals surface area contributed by atoms with Gasteiger partial charge in [-0.3, -0.25) is 9.59 Å². The van der Waals surface area contributed by atoms with E-state index in [1.54, 1.807) is 0 Å². The molecule has 0 radical (unpaired) electrons. The van der Waals surface area contributed by atoms with Gasteiger partial charge in [0.25, 0.3) is 0 Å². The summed E-state index contributed by atoms with van der Waals surface area (Å²) in [7, 11) is 1.39. The zero-order chi connectivity index (χ0) is 11.5. The fourth-order valence-electron chi connectivity index (χ4n) is 2.24. The summed E-state index contributed by atoms with van der Waals surface area (Å²) in [5, 5.41) is -0.00542. The van der Waals surface area contributed by atoms with Crippen molar-refractivity contribution in [2.75, 3.05) is 7.11 Å². The number of thioether (sulfide) groups is 1. The van der Waals surface area contributed by atoms with Gasteiger partial charge in [0, 0.05) is 6.92 Å². The van der Waals surface area contributed by atoms with Gasteiger partial charge in [-0.1, -0.05) is 31.5 Å². The number of hydrogen-bond acceptors (Lipinski definition) is 4. The Labute approximate surface area is 94.9 Å². The second-order valence-corrected chi connectivity index (χ2v) is 5.63. The molecule has 1 aliphatic carbocycles. The maximum Gasteiger partial charge on any atom is 0.322 e. The van der Waals surface area contributed by atoms with Crippen molar-refractivity contribution in [3.8, 4) is 0 Å². The SMILES string of the molecule is COC(=O)C1(SC(C)=O)CCCCC1C. The zero-order valence-electron chi connectivity index (χ0n) is 9.54. The highest BCUT2D eigenvalue weighted by molar-refractivity contribution is 8.15. The minimum absolute atomic E-state index is 0.00542. The first-order valence-corrected chi connectivity index (χ1v) is 6.12. The summed E-state index contributed by atoms with van der Waals surface area (Å²) in [5.74, 6) is -0.0255. The number of methoxy groups -OCH3 is 1. The molecule has 3 nitrogen and oxygen atoms in total. The molecule has 1 fully saturated rings. The summed E-state index contributed by atoms with van der Waals surface area (Å²) in [6.07, 6.45) is 3.89. The maximum absolute atomic E-state index is 11.8. The van der Waals surface area contributed by atoms with Crippen LogP contribution < -0.4 is 0 Å². The number of hydrogen-bond donors (Lipinski definition) is 0. The van der Waals surface area contributed by atoms with Gasteiger partial charge >= 0.3 is 5.97 Å². The topological polar surface area (TPSA) is 43.4 Å². The molecular weight excluding hydrogens is 212 g/mol. The molecule has 0 N–H and O–H groups in total. The van der Waals surface area contributed by atoms with E-state index in [4.69, 9.17) is 4.74 Å². The number of ether oxygens (including phenoxy) is 1. The Balaban J connectivity index is 2.92. The van der Waals surface area contributed by atoms with Gasteiger partial charge in [-0.05, 0) is 18.8 Å². The second-order valence-electron chi connectivity index (χ2n) is 4.12. The van der Waals surface area contributed by atoms with Crippen molar-refractivity contribution >= 4 is 22.8 Å². The highest BCUT2D eigenvalue weighted by atomic mass is 32.2. The van der Waals surface area contributed by atoms with Crippen molar-refractivity contribution < 1.29 is 14.3 Å². The molecule has 0 amide bonds. The van der Waals surface area contributed by atoms with Crippen LogP contribution in [0.25, 0.3) is 0 Å². The first-order valence-electron chi connectivity index (χ1n) is 5.31. The van der Waals surface area contributed by atoms with Gasteiger partial charge in [-0.2, -0.15) is 0 Å². The molecule has 1 aliphatic rings. The first-order chi connectivity index (χ1) is 7.03. The van der Waals surface area contributed by atoms with Gasteiger partial charge in [0.2, 0.25) is 0 Å². The summed E-state index contributed by atoms with van der Waals surface area (Å²) < 4.78 is 4.23. The molecular formula is C11H18O3S. The largest absolute Gasteiger partial charge is 0.468 e. The Morgan fingerprint density at radius 2 is 2.07 bits per heavy atom. The van der Waals surface area contributed by atoms with Crippen LogP contribution in [0.1, 0.15) is 39.5 Å². The molecule has 2 unspecified atom stereocenters. The quantitative estimate of drug-likeness (QED) is 0.683. The van der Waals surface area contributed by atoms with Crippen molar-refractivity contribution in [1.82, 2.24) is 0 Å². The van der Waals surface area contributed by atoms with E-state index < -0.39 is 4.75 Å². The number of esters is 1. The molecule has 0 aromatic rings. The predicted molar refractivity (Wildman–Crippen MR) is 60.7 cm³/mol. The standard InChI is InChI=1S/C11H18O3S/c1-8-6-4-5-7-11(8,10(13)14-3)15-9(2)12/h8H,4-7H2,1-3H3. The molecule has 86 valence electrons. The van der Waals surface area contributed by atoms with Crippen LogP contribution >= 0.6 is 11.8 Å². The second kappa shape index (κ2) is 5.01. The molecule has 15 heavy (non-hydrogen) atoms. The zero-order valence-corrected chi connectivity index (χ0v) is 10.4. The Morgan fingerprint density at radius 3 is 2.53 bits per heavy atom. The van der Waals surface area contributed by atoms with Gasteiger partial charge in [-0.15, -0.1) is 0 Å². The van der Waals surface area contributed by atoms with E-state index in [-0.39, 0.29) is 17.0 Å². The lowest BCUT2D eigenvalue weighted by molar-refractivity contribution is -0.146. The Kier molecular flexibility index (Phi) is 4.20. The molecule has 1 rings (SSSR count). The van der Waals surface area contributed by atoms with Crippen molar-refractivity contribution in [3.63, 3.8) is 0 Å². The normalized spacial score (nSPS) is 31.0. The predicted octanol–water partition coefficient (Wildman–Crippen LogP) is 2.39. The summed E-state index contributed by atoms with van der Waals surface area (Å²) in [6, 6.07) is 0. The van der Waals surface area contributed by atoms with E-state index in [2.05, 4.69) is 0 Å². The third kappa shape index (κ3) is 2.54. The van der Waals surface area contributed by atoms with Crippen molar-refractivity contribution in [2.24, 2.45) is 5.92 Å². The van der Waals surface area contributed by atoms with Crippen molar-refractivity contribution in [2.45, 2.75) is 44.3 Å². The highest BCUT2D eigenvalue weighted by Gasteiger charge is 2.47. The van der Waals surface area contributed by atoms with Gasteiger partial charge in [-0.25, -0.2) is 0 Å². The Morgan fingerprint density at radius 1 is 1.40 bits per heavy atom. The fraction of sp³-hybridized carbons (Fsp3) is 0.818. The smallest absolute Gasteiger partial charge is 0.322 e. The molecule has 4 heteroatoms. The van der Waals surface area contributed by atoms with Crippen molar-refractivity contribution in [3.05, 3.63) is 0 Å². The van der Waals surface area contributed by atoms with Gasteiger partial charge in [0.05, 0.1) is 7.11 Å². The molecule has 0 saturated heterocycles. The van der Waals surface area contributed by atoms with Crippen molar-refractivity contribution in [1.29, 1.82) is 0 Å². The van der Waals surface area contributed by atoms with E-state index in [9.17, 15) is 9.59 Å². The Hall–Kier alpha value is -0.510. The monoisotopic (exact) mass is 230 g/mol. The number of rotatable bonds is 2. The van der Waals surface area contributed by atoms with E-state index in [0.29, 0.717) is 0 Å². The molecule has 0 aromatic heterocycles. The molecule has 0 aliphatic heterocycles. The number of carbonyl (C=O) groups excluding carboxylic acids is 2. The molecule has 0 aromatic carbocycles. The minimum Gasteiger partial charge on any atom is -0.468 e. The van der Waals surface area contributed by atoms with Crippen LogP contribution in [0.2, 0.25) is 0 Å². The van der Waals surface area contributed by atoms with E-state index in [0.717, 1.165) is 37.4 Å². The van der Waals surface area contributed by atoms with Crippen LogP contribution in [0.15, 0.2) is 0 Å². The van der Waals surface area contributed by atoms with E-state index in [1.165, 1.54) is 14.0 Å². The van der Waals surface area contributed by atoms with Crippen LogP contribution in [0, 0.1) is 5.92 Å².